The molecule has 0 aliphatic rings. The number of carboxylic acid groups (broad SMARTS) is 1. The highest BCUT2D eigenvalue weighted by Gasteiger charge is 2.35. The van der Waals surface area contributed by atoms with Crippen molar-refractivity contribution in [3.05, 3.63) is 106 Å². The summed E-state index contributed by atoms with van der Waals surface area (Å²) in [6, 6.07) is 18.6. The second-order valence-corrected chi connectivity index (χ2v) is 9.86. The Hall–Kier alpha value is -3.78. The lowest BCUT2D eigenvalue weighted by Crippen LogP contribution is -2.26. The first-order valence-electron chi connectivity index (χ1n) is 12.6. The molecule has 2 unspecified atom stereocenters. The van der Waals surface area contributed by atoms with Gasteiger partial charge in [0.05, 0.1) is 17.5 Å². The van der Waals surface area contributed by atoms with Crippen LogP contribution in [0.5, 0.6) is 0 Å². The van der Waals surface area contributed by atoms with Gasteiger partial charge in [-0.15, -0.1) is 0 Å². The SMILES string of the molecule is CCCC(c1ccc(C(=O)NCCC(=O)O)cc1)C(c1cccc(Cl)c1)c1c[nH]c2c(C(F)(F)F)cccc12. The monoisotopic (exact) mass is 556 g/mol. The van der Waals surface area contributed by atoms with Crippen molar-refractivity contribution < 1.29 is 27.9 Å². The normalized spacial score (nSPS) is 13.3. The fourth-order valence-corrected chi connectivity index (χ4v) is 5.30. The van der Waals surface area contributed by atoms with Crippen LogP contribution in [0.25, 0.3) is 10.9 Å². The zero-order chi connectivity index (χ0) is 28.2. The standard InChI is InChI=1S/C30H28ClF3N2O3/c1-2-5-22(18-10-12-19(13-11-18)29(39)35-15-14-26(37)38)27(20-6-3-7-21(31)16-20)24-17-36-28-23(24)8-4-9-25(28)30(32,33)34/h3-4,6-13,16-17,22,27,36H,2,5,14-15H2,1H3,(H,35,39)(H,37,38). The predicted octanol–water partition coefficient (Wildman–Crippen LogP) is 7.76. The molecular weight excluding hydrogens is 529 g/mol. The van der Waals surface area contributed by atoms with Gasteiger partial charge in [0.15, 0.2) is 0 Å². The van der Waals surface area contributed by atoms with Crippen LogP contribution in [-0.2, 0) is 11.0 Å². The quantitative estimate of drug-likeness (QED) is 0.187. The molecule has 0 radical (unpaired) electrons. The Kier molecular flexibility index (Phi) is 8.65. The lowest BCUT2D eigenvalue weighted by Gasteiger charge is -2.28. The minimum Gasteiger partial charge on any atom is -0.481 e. The number of benzene rings is 3. The van der Waals surface area contributed by atoms with Gasteiger partial charge < -0.3 is 15.4 Å². The first-order chi connectivity index (χ1) is 18.6. The third kappa shape index (κ3) is 6.45. The van der Waals surface area contributed by atoms with Crippen LogP contribution in [0, 0.1) is 0 Å². The third-order valence-corrected chi connectivity index (χ3v) is 7.06. The Balaban J connectivity index is 1.78. The molecule has 0 spiro atoms. The molecule has 1 aromatic heterocycles. The maximum Gasteiger partial charge on any atom is 0.418 e. The molecule has 2 atom stereocenters. The van der Waals surface area contributed by atoms with Gasteiger partial charge >= 0.3 is 12.1 Å². The highest BCUT2D eigenvalue weighted by Crippen LogP contribution is 2.45. The van der Waals surface area contributed by atoms with Gasteiger partial charge in [0, 0.05) is 34.6 Å². The fraction of sp³-hybridized carbons (Fsp3) is 0.267. The highest BCUT2D eigenvalue weighted by atomic mass is 35.5. The average molecular weight is 557 g/mol. The van der Waals surface area contributed by atoms with Gasteiger partial charge in [-0.05, 0) is 59.4 Å². The summed E-state index contributed by atoms with van der Waals surface area (Å²) in [5, 5.41) is 12.4. The second-order valence-electron chi connectivity index (χ2n) is 9.42. The number of carboxylic acids is 1. The largest absolute Gasteiger partial charge is 0.481 e. The van der Waals surface area contributed by atoms with Crippen molar-refractivity contribution in [1.29, 1.82) is 0 Å². The van der Waals surface area contributed by atoms with Gasteiger partial charge in [0.1, 0.15) is 0 Å². The molecule has 204 valence electrons. The van der Waals surface area contributed by atoms with E-state index in [0.717, 1.165) is 35.6 Å². The van der Waals surface area contributed by atoms with Crippen LogP contribution in [0.3, 0.4) is 0 Å². The van der Waals surface area contributed by atoms with Crippen molar-refractivity contribution in [1.82, 2.24) is 10.3 Å². The van der Waals surface area contributed by atoms with Gasteiger partial charge in [-0.3, -0.25) is 9.59 Å². The molecule has 9 heteroatoms. The van der Waals surface area contributed by atoms with Crippen LogP contribution in [0.15, 0.2) is 72.9 Å². The number of aliphatic carboxylic acids is 1. The number of carbonyl (C=O) groups is 2. The third-order valence-electron chi connectivity index (χ3n) is 6.82. The summed E-state index contributed by atoms with van der Waals surface area (Å²) in [5.41, 5.74) is 2.23. The summed E-state index contributed by atoms with van der Waals surface area (Å²) in [7, 11) is 0. The zero-order valence-corrected chi connectivity index (χ0v) is 21.9. The van der Waals surface area contributed by atoms with Gasteiger partial charge in [-0.2, -0.15) is 13.2 Å². The molecule has 3 N–H and O–H groups in total. The van der Waals surface area contributed by atoms with Crippen molar-refractivity contribution in [2.24, 2.45) is 0 Å². The fourth-order valence-electron chi connectivity index (χ4n) is 5.10. The van der Waals surface area contributed by atoms with Crippen molar-refractivity contribution in [3.63, 3.8) is 0 Å². The van der Waals surface area contributed by atoms with Crippen molar-refractivity contribution >= 4 is 34.4 Å². The number of amides is 1. The molecule has 0 bridgehead atoms. The summed E-state index contributed by atoms with van der Waals surface area (Å²) < 4.78 is 41.3. The molecule has 0 saturated heterocycles. The summed E-state index contributed by atoms with van der Waals surface area (Å²) in [6.45, 7) is 2.06. The average Bonchev–Trinajstić information content (AvgIpc) is 3.31. The van der Waals surface area contributed by atoms with Crippen LogP contribution in [0.4, 0.5) is 13.2 Å². The van der Waals surface area contributed by atoms with E-state index in [9.17, 15) is 22.8 Å². The number of alkyl halides is 3. The molecule has 4 aromatic rings. The van der Waals surface area contributed by atoms with E-state index in [4.69, 9.17) is 16.7 Å². The Morgan fingerprint density at radius 2 is 1.74 bits per heavy atom. The summed E-state index contributed by atoms with van der Waals surface area (Å²) >= 11 is 6.36. The number of aromatic amines is 1. The number of fused-ring (bicyclic) bond motifs is 1. The molecule has 1 heterocycles. The van der Waals surface area contributed by atoms with Gasteiger partial charge in [0.2, 0.25) is 0 Å². The molecule has 0 fully saturated rings. The Morgan fingerprint density at radius 1 is 1.03 bits per heavy atom. The van der Waals surface area contributed by atoms with E-state index in [1.54, 1.807) is 30.5 Å². The molecule has 0 aliphatic carbocycles. The summed E-state index contributed by atoms with van der Waals surface area (Å²) in [4.78, 5) is 26.1. The number of carbonyl (C=O) groups excluding carboxylic acids is 1. The minimum absolute atomic E-state index is 0.0195. The molecule has 0 saturated carbocycles. The summed E-state index contributed by atoms with van der Waals surface area (Å²) in [5.74, 6) is -1.83. The van der Waals surface area contributed by atoms with E-state index in [-0.39, 0.29) is 36.2 Å². The van der Waals surface area contributed by atoms with Crippen molar-refractivity contribution in [3.8, 4) is 0 Å². The number of halogens is 4. The van der Waals surface area contributed by atoms with Crippen LogP contribution in [-0.4, -0.2) is 28.5 Å². The summed E-state index contributed by atoms with van der Waals surface area (Å²) in [6.07, 6.45) is -1.48. The van der Waals surface area contributed by atoms with Crippen LogP contribution in [0.1, 0.15) is 70.6 Å². The number of aromatic nitrogens is 1. The molecule has 3 aromatic carbocycles. The Morgan fingerprint density at radius 3 is 2.38 bits per heavy atom. The zero-order valence-electron chi connectivity index (χ0n) is 21.2. The number of nitrogens with one attached hydrogen (secondary N) is 2. The first-order valence-corrected chi connectivity index (χ1v) is 13.0. The number of H-pyrrole nitrogens is 1. The van der Waals surface area contributed by atoms with Crippen LogP contribution < -0.4 is 5.32 Å². The molecule has 39 heavy (non-hydrogen) atoms. The Labute approximate surface area is 229 Å². The smallest absolute Gasteiger partial charge is 0.418 e. The lowest BCUT2D eigenvalue weighted by atomic mass is 9.75. The van der Waals surface area contributed by atoms with Crippen molar-refractivity contribution in [2.45, 2.75) is 44.2 Å². The predicted molar refractivity (Wildman–Crippen MR) is 145 cm³/mol. The van der Waals surface area contributed by atoms with E-state index >= 15 is 0 Å². The molecular formula is C30H28ClF3N2O3. The topological polar surface area (TPSA) is 82.2 Å². The van der Waals surface area contributed by atoms with Crippen LogP contribution >= 0.6 is 11.6 Å². The second kappa shape index (κ2) is 11.9. The first kappa shape index (κ1) is 28.2. The highest BCUT2D eigenvalue weighted by molar-refractivity contribution is 6.30. The number of hydrogen-bond donors (Lipinski definition) is 3. The van der Waals surface area contributed by atoms with Gasteiger partial charge in [-0.1, -0.05) is 61.3 Å². The number of para-hydroxylation sites is 1. The number of rotatable bonds is 10. The van der Waals surface area contributed by atoms with E-state index in [1.807, 2.05) is 37.3 Å². The molecule has 5 nitrogen and oxygen atoms in total. The molecule has 0 aliphatic heterocycles. The van der Waals surface area contributed by atoms with E-state index in [2.05, 4.69) is 10.3 Å². The number of hydrogen-bond acceptors (Lipinski definition) is 2. The lowest BCUT2D eigenvalue weighted by molar-refractivity contribution is -0.137. The van der Waals surface area contributed by atoms with Crippen molar-refractivity contribution in [2.75, 3.05) is 6.54 Å². The van der Waals surface area contributed by atoms with E-state index < -0.39 is 17.7 Å². The molecule has 4 rings (SSSR count). The van der Waals surface area contributed by atoms with E-state index in [1.165, 1.54) is 6.07 Å². The van der Waals surface area contributed by atoms with Crippen LogP contribution in [0.2, 0.25) is 5.02 Å². The maximum atomic E-state index is 13.8. The van der Waals surface area contributed by atoms with Gasteiger partial charge in [-0.25, -0.2) is 0 Å². The minimum atomic E-state index is -4.50. The Bertz CT molecular complexity index is 1460. The van der Waals surface area contributed by atoms with E-state index in [0.29, 0.717) is 16.0 Å². The van der Waals surface area contributed by atoms with Gasteiger partial charge in [0.25, 0.3) is 5.91 Å². The maximum absolute atomic E-state index is 13.8. The molecule has 1 amide bonds.